The summed E-state index contributed by atoms with van der Waals surface area (Å²) in [5.74, 6) is 1.19. The third kappa shape index (κ3) is 4.11. The number of hydrogen-bond donors (Lipinski definition) is 1. The molecule has 1 saturated heterocycles. The Balaban J connectivity index is 1.80. The highest BCUT2D eigenvalue weighted by Gasteiger charge is 2.13. The number of rotatable bonds is 5. The molecular formula is C15H24N2O2. The molecule has 0 atom stereocenters. The minimum atomic E-state index is 0.315. The van der Waals surface area contributed by atoms with Crippen LogP contribution < -0.4 is 4.74 Å². The summed E-state index contributed by atoms with van der Waals surface area (Å²) in [6.45, 7) is 5.76. The molecule has 1 N–H and O–H groups in total. The third-order valence-corrected chi connectivity index (χ3v) is 3.78. The highest BCUT2D eigenvalue weighted by Crippen LogP contribution is 2.24. The molecule has 106 valence electrons. The summed E-state index contributed by atoms with van der Waals surface area (Å²) >= 11 is 0. The van der Waals surface area contributed by atoms with E-state index in [9.17, 15) is 5.11 Å². The van der Waals surface area contributed by atoms with Crippen LogP contribution in [0.3, 0.4) is 0 Å². The summed E-state index contributed by atoms with van der Waals surface area (Å²) in [6, 6.07) is 5.31. The van der Waals surface area contributed by atoms with Crippen molar-refractivity contribution < 1.29 is 9.84 Å². The number of phenols is 1. The van der Waals surface area contributed by atoms with Gasteiger partial charge in [-0.2, -0.15) is 0 Å². The molecule has 0 aromatic heterocycles. The van der Waals surface area contributed by atoms with Gasteiger partial charge in [0.05, 0.1) is 7.11 Å². The number of aryl methyl sites for hydroxylation is 1. The van der Waals surface area contributed by atoms with Gasteiger partial charge >= 0.3 is 0 Å². The van der Waals surface area contributed by atoms with Crippen molar-refractivity contribution in [3.05, 3.63) is 23.8 Å². The molecule has 2 rings (SSSR count). The maximum atomic E-state index is 9.54. The number of piperazine rings is 1. The first-order valence-electron chi connectivity index (χ1n) is 6.96. The smallest absolute Gasteiger partial charge is 0.122 e. The van der Waals surface area contributed by atoms with Crippen molar-refractivity contribution >= 4 is 0 Å². The normalized spacial score (nSPS) is 17.6. The number of methoxy groups -OCH3 is 1. The molecule has 0 saturated carbocycles. The number of aromatic hydroxyl groups is 1. The van der Waals surface area contributed by atoms with Crippen molar-refractivity contribution in [2.75, 3.05) is 46.9 Å². The van der Waals surface area contributed by atoms with Gasteiger partial charge < -0.3 is 19.6 Å². The van der Waals surface area contributed by atoms with Crippen LogP contribution in [-0.2, 0) is 6.42 Å². The van der Waals surface area contributed by atoms with Gasteiger partial charge in [-0.1, -0.05) is 0 Å². The molecule has 0 spiro atoms. The van der Waals surface area contributed by atoms with Crippen LogP contribution in [0.4, 0.5) is 0 Å². The first-order valence-corrected chi connectivity index (χ1v) is 6.96. The van der Waals surface area contributed by atoms with Crippen molar-refractivity contribution in [2.24, 2.45) is 0 Å². The second-order valence-corrected chi connectivity index (χ2v) is 5.24. The lowest BCUT2D eigenvalue weighted by molar-refractivity contribution is 0.153. The zero-order valence-electron chi connectivity index (χ0n) is 11.9. The fraction of sp³-hybridized carbons (Fsp3) is 0.600. The van der Waals surface area contributed by atoms with Gasteiger partial charge in [-0.15, -0.1) is 0 Å². The van der Waals surface area contributed by atoms with Gasteiger partial charge in [-0.05, 0) is 50.2 Å². The maximum absolute atomic E-state index is 9.54. The molecule has 4 nitrogen and oxygen atoms in total. The average molecular weight is 264 g/mol. The van der Waals surface area contributed by atoms with Crippen LogP contribution in [0.15, 0.2) is 18.2 Å². The van der Waals surface area contributed by atoms with Gasteiger partial charge in [-0.25, -0.2) is 0 Å². The van der Waals surface area contributed by atoms with Crippen LogP contribution in [0.1, 0.15) is 12.0 Å². The van der Waals surface area contributed by atoms with Gasteiger partial charge in [0, 0.05) is 26.2 Å². The Morgan fingerprint density at radius 2 is 1.95 bits per heavy atom. The molecule has 1 heterocycles. The van der Waals surface area contributed by atoms with Gasteiger partial charge in [0.25, 0.3) is 0 Å². The Labute approximate surface area is 115 Å². The summed E-state index contributed by atoms with van der Waals surface area (Å²) in [5.41, 5.74) is 1.09. The van der Waals surface area contributed by atoms with E-state index in [0.29, 0.717) is 5.75 Å². The molecule has 1 aromatic rings. The largest absolute Gasteiger partial charge is 0.508 e. The Morgan fingerprint density at radius 3 is 2.63 bits per heavy atom. The lowest BCUT2D eigenvalue weighted by Crippen LogP contribution is -2.44. The zero-order valence-corrected chi connectivity index (χ0v) is 11.9. The fourth-order valence-corrected chi connectivity index (χ4v) is 2.52. The molecule has 19 heavy (non-hydrogen) atoms. The molecule has 0 aliphatic carbocycles. The summed E-state index contributed by atoms with van der Waals surface area (Å²) in [7, 11) is 3.85. The van der Waals surface area contributed by atoms with Gasteiger partial charge in [0.2, 0.25) is 0 Å². The molecule has 0 unspecified atom stereocenters. The highest BCUT2D eigenvalue weighted by molar-refractivity contribution is 5.39. The number of likely N-dealkylation sites (N-methyl/N-ethyl adjacent to an activating group) is 1. The van der Waals surface area contributed by atoms with E-state index in [0.717, 1.165) is 56.9 Å². The summed E-state index contributed by atoms with van der Waals surface area (Å²) in [4.78, 5) is 4.88. The van der Waals surface area contributed by atoms with Crippen LogP contribution >= 0.6 is 0 Å². The van der Waals surface area contributed by atoms with E-state index in [-0.39, 0.29) is 0 Å². The summed E-state index contributed by atoms with van der Waals surface area (Å²) < 4.78 is 5.33. The van der Waals surface area contributed by atoms with Crippen LogP contribution in [0.5, 0.6) is 11.5 Å². The summed E-state index contributed by atoms with van der Waals surface area (Å²) in [6.07, 6.45) is 2.05. The predicted octanol–water partition coefficient (Wildman–Crippen LogP) is 1.58. The van der Waals surface area contributed by atoms with E-state index in [2.05, 4.69) is 16.8 Å². The number of phenolic OH excluding ortho intramolecular Hbond substituents is 1. The maximum Gasteiger partial charge on any atom is 0.122 e. The lowest BCUT2D eigenvalue weighted by Gasteiger charge is -2.32. The van der Waals surface area contributed by atoms with E-state index in [4.69, 9.17) is 4.74 Å². The molecule has 1 fully saturated rings. The standard InChI is InChI=1S/C15H24N2O2/c1-16-8-10-17(11-9-16)7-3-4-13-12-14(18)5-6-15(13)19-2/h5-6,12,18H,3-4,7-11H2,1-2H3. The van der Waals surface area contributed by atoms with Crippen molar-refractivity contribution in [3.63, 3.8) is 0 Å². The van der Waals surface area contributed by atoms with Crippen LogP contribution in [0.2, 0.25) is 0 Å². The van der Waals surface area contributed by atoms with E-state index in [1.165, 1.54) is 0 Å². The molecule has 0 bridgehead atoms. The Hall–Kier alpha value is -1.26. The van der Waals surface area contributed by atoms with Crippen molar-refractivity contribution in [3.8, 4) is 11.5 Å². The van der Waals surface area contributed by atoms with Crippen LogP contribution in [0.25, 0.3) is 0 Å². The Kier molecular flexibility index (Phi) is 5.05. The molecule has 1 aromatic carbocycles. The SMILES string of the molecule is COc1ccc(O)cc1CCCN1CCN(C)CC1. The van der Waals surface area contributed by atoms with Crippen molar-refractivity contribution in [1.82, 2.24) is 9.80 Å². The van der Waals surface area contributed by atoms with Crippen LogP contribution in [-0.4, -0.2) is 61.8 Å². The first kappa shape index (κ1) is 14.2. The van der Waals surface area contributed by atoms with Gasteiger partial charge in [0.15, 0.2) is 0 Å². The van der Waals surface area contributed by atoms with E-state index < -0.39 is 0 Å². The van der Waals surface area contributed by atoms with Crippen LogP contribution in [0, 0.1) is 0 Å². The van der Waals surface area contributed by atoms with Gasteiger partial charge in [0.1, 0.15) is 11.5 Å². The molecular weight excluding hydrogens is 240 g/mol. The number of ether oxygens (including phenoxy) is 1. The second-order valence-electron chi connectivity index (χ2n) is 5.24. The summed E-state index contributed by atoms with van der Waals surface area (Å²) in [5, 5.41) is 9.54. The Bertz CT molecular complexity index is 401. The fourth-order valence-electron chi connectivity index (χ4n) is 2.52. The molecule has 1 aliphatic rings. The third-order valence-electron chi connectivity index (χ3n) is 3.78. The lowest BCUT2D eigenvalue weighted by atomic mass is 10.1. The van der Waals surface area contributed by atoms with Gasteiger partial charge in [-0.3, -0.25) is 0 Å². The minimum absolute atomic E-state index is 0.315. The zero-order chi connectivity index (χ0) is 13.7. The number of benzene rings is 1. The highest BCUT2D eigenvalue weighted by atomic mass is 16.5. The van der Waals surface area contributed by atoms with Crippen molar-refractivity contribution in [2.45, 2.75) is 12.8 Å². The predicted molar refractivity (Wildman–Crippen MR) is 76.9 cm³/mol. The van der Waals surface area contributed by atoms with E-state index in [1.807, 2.05) is 12.1 Å². The number of hydrogen-bond acceptors (Lipinski definition) is 4. The minimum Gasteiger partial charge on any atom is -0.508 e. The average Bonchev–Trinajstić information content (AvgIpc) is 2.41. The molecule has 1 aliphatic heterocycles. The Morgan fingerprint density at radius 1 is 1.21 bits per heavy atom. The molecule has 0 radical (unpaired) electrons. The molecule has 4 heteroatoms. The topological polar surface area (TPSA) is 35.9 Å². The monoisotopic (exact) mass is 264 g/mol. The van der Waals surface area contributed by atoms with Crippen molar-refractivity contribution in [1.29, 1.82) is 0 Å². The quantitative estimate of drug-likeness (QED) is 0.876. The number of nitrogens with zero attached hydrogens (tertiary/aromatic N) is 2. The van der Waals surface area contributed by atoms with E-state index >= 15 is 0 Å². The second kappa shape index (κ2) is 6.78. The molecule has 0 amide bonds. The first-order chi connectivity index (χ1) is 9.19. The van der Waals surface area contributed by atoms with E-state index in [1.54, 1.807) is 13.2 Å².